The van der Waals surface area contributed by atoms with Gasteiger partial charge < -0.3 is 19.7 Å². The lowest BCUT2D eigenvalue weighted by molar-refractivity contribution is 0.171. The van der Waals surface area contributed by atoms with Crippen molar-refractivity contribution >= 4 is 0 Å². The molecule has 31 heavy (non-hydrogen) atoms. The molecule has 0 atom stereocenters. The Morgan fingerprint density at radius 1 is 1.00 bits per heavy atom. The van der Waals surface area contributed by atoms with Gasteiger partial charge >= 0.3 is 0 Å². The predicted octanol–water partition coefficient (Wildman–Crippen LogP) is 3.88. The Labute approximate surface area is 183 Å². The summed E-state index contributed by atoms with van der Waals surface area (Å²) in [4.78, 5) is 2.52. The van der Waals surface area contributed by atoms with Crippen LogP contribution in [0.4, 0.5) is 0 Å². The van der Waals surface area contributed by atoms with E-state index in [0.29, 0.717) is 19.3 Å². The van der Waals surface area contributed by atoms with Crippen LogP contribution in [0.15, 0.2) is 54.7 Å². The lowest BCUT2D eigenvalue weighted by Gasteiger charge is -2.31. The Kier molecular flexibility index (Phi) is 5.91. The van der Waals surface area contributed by atoms with E-state index in [9.17, 15) is 0 Å². The Morgan fingerprint density at radius 2 is 1.77 bits per heavy atom. The van der Waals surface area contributed by atoms with E-state index in [4.69, 9.17) is 14.6 Å². The zero-order valence-corrected chi connectivity index (χ0v) is 18.1. The van der Waals surface area contributed by atoms with Crippen LogP contribution in [0.5, 0.6) is 11.5 Å². The normalized spacial score (nSPS) is 17.1. The summed E-state index contributed by atoms with van der Waals surface area (Å²) in [5.41, 5.74) is 4.29. The Hall–Kier alpha value is -2.83. The molecule has 1 aromatic heterocycles. The molecule has 6 heteroatoms. The zero-order valence-electron chi connectivity index (χ0n) is 18.1. The molecule has 3 aromatic rings. The number of piperidine rings is 1. The molecule has 6 nitrogen and oxygen atoms in total. The van der Waals surface area contributed by atoms with Crippen LogP contribution >= 0.6 is 0 Å². The molecule has 0 radical (unpaired) electrons. The molecular weight excluding hydrogens is 388 g/mol. The van der Waals surface area contributed by atoms with Crippen LogP contribution < -0.4 is 14.8 Å². The van der Waals surface area contributed by atoms with Gasteiger partial charge in [-0.1, -0.05) is 25.1 Å². The number of hydrogen-bond acceptors (Lipinski definition) is 5. The number of benzene rings is 2. The second kappa shape index (κ2) is 9.12. The van der Waals surface area contributed by atoms with E-state index >= 15 is 0 Å². The van der Waals surface area contributed by atoms with Gasteiger partial charge in [0.2, 0.25) is 0 Å². The summed E-state index contributed by atoms with van der Waals surface area (Å²) in [5.74, 6) is 1.60. The van der Waals surface area contributed by atoms with Crippen molar-refractivity contribution in [2.75, 3.05) is 32.8 Å². The lowest BCUT2D eigenvalue weighted by atomic mass is 10.0. The molecule has 0 aliphatic carbocycles. The molecule has 2 aliphatic rings. The molecule has 0 bridgehead atoms. The van der Waals surface area contributed by atoms with Gasteiger partial charge in [-0.3, -0.25) is 0 Å². The van der Waals surface area contributed by atoms with Crippen LogP contribution in [0, 0.1) is 0 Å². The number of likely N-dealkylation sites (tertiary alicyclic amines) is 1. The minimum atomic E-state index is 0.552. The molecule has 0 unspecified atom stereocenters. The van der Waals surface area contributed by atoms with Crippen molar-refractivity contribution in [3.63, 3.8) is 0 Å². The number of aromatic nitrogens is 2. The Balaban J connectivity index is 1.41. The van der Waals surface area contributed by atoms with Crippen LogP contribution in [0.3, 0.4) is 0 Å². The van der Waals surface area contributed by atoms with Crippen molar-refractivity contribution < 1.29 is 9.47 Å². The van der Waals surface area contributed by atoms with Gasteiger partial charge in [0.05, 0.1) is 11.4 Å². The number of fused-ring (bicyclic) bond motifs is 1. The number of para-hydroxylation sites is 1. The van der Waals surface area contributed by atoms with Gasteiger partial charge in [0.1, 0.15) is 13.2 Å². The lowest BCUT2D eigenvalue weighted by Crippen LogP contribution is -2.42. The summed E-state index contributed by atoms with van der Waals surface area (Å²) >= 11 is 0. The van der Waals surface area contributed by atoms with Crippen molar-refractivity contribution in [1.29, 1.82) is 0 Å². The van der Waals surface area contributed by atoms with Gasteiger partial charge in [-0.25, -0.2) is 4.68 Å². The molecule has 1 fully saturated rings. The molecule has 1 saturated heterocycles. The van der Waals surface area contributed by atoms with Gasteiger partial charge in [-0.05, 0) is 62.8 Å². The van der Waals surface area contributed by atoms with E-state index in [1.807, 2.05) is 28.9 Å². The topological polar surface area (TPSA) is 51.6 Å². The highest BCUT2D eigenvalue weighted by atomic mass is 16.6. The van der Waals surface area contributed by atoms with Crippen LogP contribution in [0.25, 0.3) is 16.9 Å². The fourth-order valence-corrected chi connectivity index (χ4v) is 4.39. The first-order valence-electron chi connectivity index (χ1n) is 11.3. The van der Waals surface area contributed by atoms with Crippen LogP contribution in [0.2, 0.25) is 0 Å². The van der Waals surface area contributed by atoms with Crippen molar-refractivity contribution in [3.05, 3.63) is 60.3 Å². The van der Waals surface area contributed by atoms with Gasteiger partial charge in [0, 0.05) is 29.9 Å². The molecule has 1 N–H and O–H groups in total. The highest BCUT2D eigenvalue weighted by molar-refractivity contribution is 5.67. The number of nitrogens with one attached hydrogen (secondary N) is 1. The SMILES string of the molecule is CCN1CCC(NCc2cn(-c3ccccc3)nc2-c2ccc3c(c2)OCCO3)CC1. The number of ether oxygens (including phenoxy) is 2. The average Bonchev–Trinajstić information content (AvgIpc) is 3.27. The van der Waals surface area contributed by atoms with E-state index in [1.165, 1.54) is 31.5 Å². The van der Waals surface area contributed by atoms with E-state index in [-0.39, 0.29) is 0 Å². The summed E-state index contributed by atoms with van der Waals surface area (Å²) in [7, 11) is 0. The maximum absolute atomic E-state index is 5.81. The van der Waals surface area contributed by atoms with Crippen molar-refractivity contribution in [2.24, 2.45) is 0 Å². The second-order valence-corrected chi connectivity index (χ2v) is 8.23. The molecule has 5 rings (SSSR count). The van der Waals surface area contributed by atoms with Crippen LogP contribution in [-0.4, -0.2) is 53.6 Å². The first-order chi connectivity index (χ1) is 15.3. The Bertz CT molecular complexity index is 1010. The molecule has 3 heterocycles. The largest absolute Gasteiger partial charge is 0.486 e. The molecule has 2 aliphatic heterocycles. The minimum Gasteiger partial charge on any atom is -0.486 e. The standard InChI is InChI=1S/C25H30N4O2/c1-2-28-12-10-21(11-13-28)26-17-20-18-29(22-6-4-3-5-7-22)27-25(20)19-8-9-23-24(16-19)31-15-14-30-23/h3-9,16,18,21,26H,2,10-15,17H2,1H3. The van der Waals surface area contributed by atoms with Gasteiger partial charge in [0.25, 0.3) is 0 Å². The maximum Gasteiger partial charge on any atom is 0.162 e. The highest BCUT2D eigenvalue weighted by Gasteiger charge is 2.20. The van der Waals surface area contributed by atoms with E-state index < -0.39 is 0 Å². The Morgan fingerprint density at radius 3 is 2.55 bits per heavy atom. The number of rotatable bonds is 6. The smallest absolute Gasteiger partial charge is 0.162 e. The van der Waals surface area contributed by atoms with E-state index in [1.54, 1.807) is 0 Å². The van der Waals surface area contributed by atoms with Gasteiger partial charge in [0.15, 0.2) is 11.5 Å². The van der Waals surface area contributed by atoms with Crippen molar-refractivity contribution in [1.82, 2.24) is 20.0 Å². The maximum atomic E-state index is 5.81. The molecule has 0 spiro atoms. The first-order valence-corrected chi connectivity index (χ1v) is 11.3. The second-order valence-electron chi connectivity index (χ2n) is 8.23. The summed E-state index contributed by atoms with van der Waals surface area (Å²) < 4.78 is 13.5. The average molecular weight is 419 g/mol. The molecule has 0 amide bonds. The third-order valence-corrected chi connectivity index (χ3v) is 6.24. The van der Waals surface area contributed by atoms with Crippen molar-refractivity contribution in [2.45, 2.75) is 32.4 Å². The number of nitrogens with zero attached hydrogens (tertiary/aromatic N) is 3. The quantitative estimate of drug-likeness (QED) is 0.658. The molecular formula is C25H30N4O2. The summed E-state index contributed by atoms with van der Waals surface area (Å²) in [6.07, 6.45) is 4.54. The van der Waals surface area contributed by atoms with Gasteiger partial charge in [-0.2, -0.15) is 5.10 Å². The van der Waals surface area contributed by atoms with E-state index in [2.05, 4.69) is 47.6 Å². The monoisotopic (exact) mass is 418 g/mol. The van der Waals surface area contributed by atoms with Crippen LogP contribution in [0.1, 0.15) is 25.3 Å². The molecule has 162 valence electrons. The molecule has 2 aromatic carbocycles. The highest BCUT2D eigenvalue weighted by Crippen LogP contribution is 2.35. The fourth-order valence-electron chi connectivity index (χ4n) is 4.39. The molecule has 0 saturated carbocycles. The van der Waals surface area contributed by atoms with Crippen LogP contribution in [-0.2, 0) is 6.54 Å². The summed E-state index contributed by atoms with van der Waals surface area (Å²) in [6.45, 7) is 7.71. The van der Waals surface area contributed by atoms with E-state index in [0.717, 1.165) is 41.5 Å². The van der Waals surface area contributed by atoms with Crippen molar-refractivity contribution in [3.8, 4) is 28.4 Å². The number of hydrogen-bond donors (Lipinski definition) is 1. The zero-order chi connectivity index (χ0) is 21.0. The van der Waals surface area contributed by atoms with Gasteiger partial charge in [-0.15, -0.1) is 0 Å². The third kappa shape index (κ3) is 4.45. The third-order valence-electron chi connectivity index (χ3n) is 6.24. The fraction of sp³-hybridized carbons (Fsp3) is 0.400. The minimum absolute atomic E-state index is 0.552. The predicted molar refractivity (Wildman–Crippen MR) is 122 cm³/mol. The first kappa shape index (κ1) is 20.1. The summed E-state index contributed by atoms with van der Waals surface area (Å²) in [6, 6.07) is 16.9. The summed E-state index contributed by atoms with van der Waals surface area (Å²) in [5, 5.41) is 8.74.